The van der Waals surface area contributed by atoms with Crippen LogP contribution in [0, 0.1) is 11.8 Å². The molecule has 6 heteroatoms. The summed E-state index contributed by atoms with van der Waals surface area (Å²) in [5, 5.41) is 0. The fourth-order valence-corrected chi connectivity index (χ4v) is 3.15. The molecule has 2 amide bonds. The van der Waals surface area contributed by atoms with Crippen LogP contribution in [0.5, 0.6) is 0 Å². The standard InChI is InChI=1S/C14H25N3O3/c1-9(2)12(13(15)18)16(3)14(19)10-4-5-17(6-10)11-7-20-8-11/h9-12H,4-8H2,1-3H3,(H2,15,18)/t10-,12-/m0/s1. The van der Waals surface area contributed by atoms with Gasteiger partial charge in [0.25, 0.3) is 0 Å². The van der Waals surface area contributed by atoms with E-state index in [1.54, 1.807) is 11.9 Å². The molecule has 20 heavy (non-hydrogen) atoms. The molecular formula is C14H25N3O3. The van der Waals surface area contributed by atoms with Gasteiger partial charge in [0, 0.05) is 13.6 Å². The average molecular weight is 283 g/mol. The first-order valence-corrected chi connectivity index (χ1v) is 7.29. The smallest absolute Gasteiger partial charge is 0.240 e. The molecule has 0 spiro atoms. The van der Waals surface area contributed by atoms with Gasteiger partial charge in [0.05, 0.1) is 25.2 Å². The van der Waals surface area contributed by atoms with Crippen molar-refractivity contribution in [1.29, 1.82) is 0 Å². The summed E-state index contributed by atoms with van der Waals surface area (Å²) in [4.78, 5) is 27.9. The summed E-state index contributed by atoms with van der Waals surface area (Å²) in [7, 11) is 1.69. The fourth-order valence-electron chi connectivity index (χ4n) is 3.15. The molecule has 114 valence electrons. The Labute approximate surface area is 120 Å². The zero-order chi connectivity index (χ0) is 14.9. The van der Waals surface area contributed by atoms with Gasteiger partial charge >= 0.3 is 0 Å². The molecule has 0 aromatic rings. The molecule has 2 rings (SSSR count). The molecule has 0 radical (unpaired) electrons. The second kappa shape index (κ2) is 6.10. The van der Waals surface area contributed by atoms with Gasteiger partial charge in [-0.3, -0.25) is 14.5 Å². The van der Waals surface area contributed by atoms with Crippen LogP contribution < -0.4 is 5.73 Å². The van der Waals surface area contributed by atoms with Crippen molar-refractivity contribution in [2.45, 2.75) is 32.4 Å². The van der Waals surface area contributed by atoms with E-state index in [0.29, 0.717) is 6.04 Å². The monoisotopic (exact) mass is 283 g/mol. The van der Waals surface area contributed by atoms with Gasteiger partial charge in [-0.05, 0) is 18.9 Å². The lowest BCUT2D eigenvalue weighted by atomic mass is 9.99. The molecule has 2 aliphatic heterocycles. The third kappa shape index (κ3) is 2.96. The number of nitrogens with zero attached hydrogens (tertiary/aromatic N) is 2. The number of amides is 2. The summed E-state index contributed by atoms with van der Waals surface area (Å²) in [5.74, 6) is -0.400. The van der Waals surface area contributed by atoms with Gasteiger partial charge in [0.2, 0.25) is 11.8 Å². The van der Waals surface area contributed by atoms with Crippen LogP contribution in [0.1, 0.15) is 20.3 Å². The molecule has 0 unspecified atom stereocenters. The molecule has 0 aromatic carbocycles. The number of hydrogen-bond donors (Lipinski definition) is 1. The highest BCUT2D eigenvalue weighted by atomic mass is 16.5. The van der Waals surface area contributed by atoms with Crippen molar-refractivity contribution in [2.24, 2.45) is 17.6 Å². The number of rotatable bonds is 5. The lowest BCUT2D eigenvalue weighted by molar-refractivity contribution is -0.142. The maximum Gasteiger partial charge on any atom is 0.240 e. The highest BCUT2D eigenvalue weighted by Crippen LogP contribution is 2.24. The van der Waals surface area contributed by atoms with E-state index in [2.05, 4.69) is 4.90 Å². The van der Waals surface area contributed by atoms with Crippen LogP contribution in [0.2, 0.25) is 0 Å². The Kier molecular flexibility index (Phi) is 4.65. The van der Waals surface area contributed by atoms with Crippen molar-refractivity contribution in [3.63, 3.8) is 0 Å². The first kappa shape index (κ1) is 15.3. The largest absolute Gasteiger partial charge is 0.378 e. The van der Waals surface area contributed by atoms with E-state index < -0.39 is 11.9 Å². The van der Waals surface area contributed by atoms with Crippen molar-refractivity contribution >= 4 is 11.8 Å². The number of ether oxygens (including phenoxy) is 1. The molecule has 2 fully saturated rings. The van der Waals surface area contributed by atoms with Crippen LogP contribution in [-0.2, 0) is 14.3 Å². The lowest BCUT2D eigenvalue weighted by Gasteiger charge is -2.35. The second-order valence-electron chi connectivity index (χ2n) is 6.21. The zero-order valence-electron chi connectivity index (χ0n) is 12.5. The molecule has 2 N–H and O–H groups in total. The SMILES string of the molecule is CC(C)[C@@H](C(N)=O)N(C)C(=O)[C@H]1CCN(C2COC2)C1. The Hall–Kier alpha value is -1.14. The average Bonchev–Trinajstić information content (AvgIpc) is 2.73. The highest BCUT2D eigenvalue weighted by molar-refractivity contribution is 5.87. The molecule has 2 atom stereocenters. The number of likely N-dealkylation sites (N-methyl/N-ethyl adjacent to an activating group) is 1. The van der Waals surface area contributed by atoms with Crippen LogP contribution in [0.15, 0.2) is 0 Å². The molecule has 6 nitrogen and oxygen atoms in total. The molecule has 0 aliphatic carbocycles. The first-order valence-electron chi connectivity index (χ1n) is 7.29. The number of primary amides is 1. The molecular weight excluding hydrogens is 258 g/mol. The molecule has 2 aliphatic rings. The fraction of sp³-hybridized carbons (Fsp3) is 0.857. The Bertz CT molecular complexity index is 382. The minimum absolute atomic E-state index is 0.0267. The zero-order valence-corrected chi connectivity index (χ0v) is 12.5. The highest BCUT2D eigenvalue weighted by Gasteiger charge is 2.38. The third-order valence-corrected chi connectivity index (χ3v) is 4.39. The summed E-state index contributed by atoms with van der Waals surface area (Å²) in [6.45, 7) is 7.05. The van der Waals surface area contributed by atoms with Crippen molar-refractivity contribution < 1.29 is 14.3 Å². The second-order valence-corrected chi connectivity index (χ2v) is 6.21. The van der Waals surface area contributed by atoms with Crippen molar-refractivity contribution in [3.8, 4) is 0 Å². The van der Waals surface area contributed by atoms with Crippen molar-refractivity contribution in [1.82, 2.24) is 9.80 Å². The third-order valence-electron chi connectivity index (χ3n) is 4.39. The maximum atomic E-state index is 12.5. The molecule has 2 heterocycles. The summed E-state index contributed by atoms with van der Waals surface area (Å²) in [5.41, 5.74) is 5.42. The van der Waals surface area contributed by atoms with E-state index in [4.69, 9.17) is 10.5 Å². The van der Waals surface area contributed by atoms with Crippen LogP contribution in [0.25, 0.3) is 0 Å². The van der Waals surface area contributed by atoms with Gasteiger partial charge in [0.1, 0.15) is 6.04 Å². The van der Waals surface area contributed by atoms with E-state index in [9.17, 15) is 9.59 Å². The lowest BCUT2D eigenvalue weighted by Crippen LogP contribution is -2.51. The molecule has 0 saturated carbocycles. The van der Waals surface area contributed by atoms with E-state index in [1.165, 1.54) is 0 Å². The van der Waals surface area contributed by atoms with Gasteiger partial charge in [0.15, 0.2) is 0 Å². The summed E-state index contributed by atoms with van der Waals surface area (Å²) in [6, 6.07) is -0.0567. The van der Waals surface area contributed by atoms with Crippen LogP contribution in [-0.4, -0.2) is 67.0 Å². The summed E-state index contributed by atoms with van der Waals surface area (Å²) in [6.07, 6.45) is 0.850. The predicted octanol–water partition coefficient (Wildman–Crippen LogP) is -0.325. The Balaban J connectivity index is 1.94. The number of carbonyl (C=O) groups excluding carboxylic acids is 2. The number of carbonyl (C=O) groups is 2. The Morgan fingerprint density at radius 1 is 1.35 bits per heavy atom. The quantitative estimate of drug-likeness (QED) is 0.750. The minimum atomic E-state index is -0.524. The van der Waals surface area contributed by atoms with E-state index in [-0.39, 0.29) is 17.7 Å². The normalized spacial score (nSPS) is 25.5. The number of likely N-dealkylation sites (tertiary alicyclic amines) is 1. The number of hydrogen-bond acceptors (Lipinski definition) is 4. The van der Waals surface area contributed by atoms with Crippen molar-refractivity contribution in [2.75, 3.05) is 33.4 Å². The summed E-state index contributed by atoms with van der Waals surface area (Å²) < 4.78 is 5.19. The van der Waals surface area contributed by atoms with Gasteiger partial charge in [-0.25, -0.2) is 0 Å². The Morgan fingerprint density at radius 2 is 2.00 bits per heavy atom. The number of nitrogens with two attached hydrogens (primary N) is 1. The van der Waals surface area contributed by atoms with E-state index in [0.717, 1.165) is 32.7 Å². The minimum Gasteiger partial charge on any atom is -0.378 e. The van der Waals surface area contributed by atoms with Gasteiger partial charge in [-0.15, -0.1) is 0 Å². The predicted molar refractivity (Wildman–Crippen MR) is 74.9 cm³/mol. The van der Waals surface area contributed by atoms with Crippen LogP contribution in [0.3, 0.4) is 0 Å². The van der Waals surface area contributed by atoms with E-state index in [1.807, 2.05) is 13.8 Å². The van der Waals surface area contributed by atoms with Crippen LogP contribution >= 0.6 is 0 Å². The van der Waals surface area contributed by atoms with Crippen LogP contribution in [0.4, 0.5) is 0 Å². The summed E-state index contributed by atoms with van der Waals surface area (Å²) >= 11 is 0. The van der Waals surface area contributed by atoms with Gasteiger partial charge in [-0.1, -0.05) is 13.8 Å². The maximum absolute atomic E-state index is 12.5. The molecule has 0 bridgehead atoms. The first-order chi connectivity index (χ1) is 9.41. The molecule has 2 saturated heterocycles. The van der Waals surface area contributed by atoms with E-state index >= 15 is 0 Å². The molecule has 0 aromatic heterocycles. The Morgan fingerprint density at radius 3 is 2.45 bits per heavy atom. The topological polar surface area (TPSA) is 75.9 Å². The van der Waals surface area contributed by atoms with Crippen molar-refractivity contribution in [3.05, 3.63) is 0 Å². The van der Waals surface area contributed by atoms with Gasteiger partial charge < -0.3 is 15.4 Å². The van der Waals surface area contributed by atoms with Gasteiger partial charge in [-0.2, -0.15) is 0 Å².